The maximum absolute atomic E-state index is 13.0. The first-order chi connectivity index (χ1) is 8.47. The van der Waals surface area contributed by atoms with Gasteiger partial charge >= 0.3 is 6.18 Å². The highest BCUT2D eigenvalue weighted by atomic mass is 19.4. The van der Waals surface area contributed by atoms with Crippen molar-refractivity contribution in [3.8, 4) is 0 Å². The molecule has 6 heteroatoms. The first kappa shape index (κ1) is 10.9. The van der Waals surface area contributed by atoms with Crippen molar-refractivity contribution in [3.63, 3.8) is 0 Å². The molecule has 0 unspecified atom stereocenters. The number of halogens is 3. The topological polar surface area (TPSA) is 43.3 Å². The van der Waals surface area contributed by atoms with Crippen LogP contribution in [0, 0.1) is 0 Å². The molecule has 2 aromatic heterocycles. The number of fused-ring (bicyclic) bond motifs is 3. The number of alkyl halides is 3. The van der Waals surface area contributed by atoms with Gasteiger partial charge < -0.3 is 5.73 Å². The van der Waals surface area contributed by atoms with Crippen molar-refractivity contribution in [1.29, 1.82) is 0 Å². The maximum Gasteiger partial charge on any atom is 0.418 e. The van der Waals surface area contributed by atoms with E-state index in [0.717, 1.165) is 6.07 Å². The van der Waals surface area contributed by atoms with Gasteiger partial charge in [-0.1, -0.05) is 6.07 Å². The van der Waals surface area contributed by atoms with Crippen molar-refractivity contribution in [1.82, 2.24) is 9.38 Å². The van der Waals surface area contributed by atoms with Gasteiger partial charge in [-0.25, -0.2) is 4.98 Å². The van der Waals surface area contributed by atoms with Gasteiger partial charge in [0.2, 0.25) is 0 Å². The number of nitrogens with two attached hydrogens (primary N) is 1. The summed E-state index contributed by atoms with van der Waals surface area (Å²) in [4.78, 5) is 4.13. The largest absolute Gasteiger partial charge is 0.418 e. The molecule has 3 nitrogen and oxygen atoms in total. The summed E-state index contributed by atoms with van der Waals surface area (Å²) in [6.07, 6.45) is -2.91. The highest BCUT2D eigenvalue weighted by molar-refractivity contribution is 5.87. The predicted octanol–water partition coefficient (Wildman–Crippen LogP) is 3.09. The van der Waals surface area contributed by atoms with Crippen LogP contribution in [0.4, 0.5) is 18.9 Å². The zero-order valence-corrected chi connectivity index (χ0v) is 9.07. The van der Waals surface area contributed by atoms with Gasteiger partial charge in [-0.05, 0) is 24.3 Å². The van der Waals surface area contributed by atoms with Gasteiger partial charge in [0.05, 0.1) is 16.6 Å². The number of hydrogen-bond acceptors (Lipinski definition) is 2. The van der Waals surface area contributed by atoms with E-state index in [1.807, 2.05) is 0 Å². The van der Waals surface area contributed by atoms with Crippen molar-refractivity contribution in [3.05, 3.63) is 42.1 Å². The minimum Gasteiger partial charge on any atom is -0.399 e. The first-order valence-corrected chi connectivity index (χ1v) is 5.20. The molecule has 18 heavy (non-hydrogen) atoms. The zero-order valence-electron chi connectivity index (χ0n) is 9.07. The lowest BCUT2D eigenvalue weighted by Crippen LogP contribution is -2.07. The van der Waals surface area contributed by atoms with Crippen LogP contribution in [0.5, 0.6) is 0 Å². The fourth-order valence-electron chi connectivity index (χ4n) is 2.03. The summed E-state index contributed by atoms with van der Waals surface area (Å²) in [5.41, 5.74) is 5.52. The fraction of sp³-hybridized carbons (Fsp3) is 0.0833. The molecular weight excluding hydrogens is 243 g/mol. The van der Waals surface area contributed by atoms with Gasteiger partial charge in [-0.3, -0.25) is 4.40 Å². The summed E-state index contributed by atoms with van der Waals surface area (Å²) in [5, 5.41) is 0. The molecule has 0 radical (unpaired) electrons. The number of hydrogen-bond donors (Lipinski definition) is 1. The molecule has 3 rings (SSSR count). The van der Waals surface area contributed by atoms with Crippen molar-refractivity contribution < 1.29 is 13.2 Å². The molecular formula is C12H8F3N3. The van der Waals surface area contributed by atoms with Crippen LogP contribution in [0.15, 0.2) is 36.5 Å². The molecule has 0 amide bonds. The van der Waals surface area contributed by atoms with Crippen LogP contribution in [-0.2, 0) is 6.18 Å². The number of nitrogens with zero attached hydrogens (tertiary/aromatic N) is 2. The van der Waals surface area contributed by atoms with Crippen LogP contribution >= 0.6 is 0 Å². The van der Waals surface area contributed by atoms with Crippen LogP contribution in [0.3, 0.4) is 0 Å². The van der Waals surface area contributed by atoms with Gasteiger partial charge in [0.1, 0.15) is 5.65 Å². The molecule has 0 aliphatic rings. The molecule has 0 fully saturated rings. The fourth-order valence-corrected chi connectivity index (χ4v) is 2.03. The van der Waals surface area contributed by atoms with E-state index in [0.29, 0.717) is 5.65 Å². The van der Waals surface area contributed by atoms with E-state index < -0.39 is 11.7 Å². The molecule has 0 saturated carbocycles. The van der Waals surface area contributed by atoms with E-state index in [2.05, 4.69) is 4.98 Å². The predicted molar refractivity (Wildman–Crippen MR) is 62.1 cm³/mol. The molecule has 0 atom stereocenters. The number of anilines is 1. The van der Waals surface area contributed by atoms with Gasteiger partial charge in [-0.2, -0.15) is 13.2 Å². The highest BCUT2D eigenvalue weighted by Gasteiger charge is 2.34. The summed E-state index contributed by atoms with van der Waals surface area (Å²) in [6.45, 7) is 0. The summed E-state index contributed by atoms with van der Waals surface area (Å²) < 4.78 is 40.4. The maximum atomic E-state index is 13.0. The van der Waals surface area contributed by atoms with E-state index >= 15 is 0 Å². The van der Waals surface area contributed by atoms with Crippen LogP contribution in [0.2, 0.25) is 0 Å². The van der Waals surface area contributed by atoms with Crippen molar-refractivity contribution in [2.75, 3.05) is 5.73 Å². The molecule has 2 N–H and O–H groups in total. The van der Waals surface area contributed by atoms with E-state index in [-0.39, 0.29) is 16.7 Å². The Labute approximate surface area is 99.7 Å². The number of aromatic nitrogens is 2. The van der Waals surface area contributed by atoms with Crippen molar-refractivity contribution in [2.24, 2.45) is 0 Å². The second kappa shape index (κ2) is 3.38. The Bertz CT molecular complexity index is 743. The molecule has 2 heterocycles. The minimum atomic E-state index is -4.46. The zero-order chi connectivity index (χ0) is 12.9. The second-order valence-corrected chi connectivity index (χ2v) is 3.97. The Morgan fingerprint density at radius 2 is 1.94 bits per heavy atom. The third-order valence-corrected chi connectivity index (χ3v) is 2.73. The lowest BCUT2D eigenvalue weighted by Gasteiger charge is -2.09. The summed E-state index contributed by atoms with van der Waals surface area (Å²) >= 11 is 0. The van der Waals surface area contributed by atoms with Gasteiger partial charge in [-0.15, -0.1) is 0 Å². The molecule has 92 valence electrons. The van der Waals surface area contributed by atoms with Crippen LogP contribution in [-0.4, -0.2) is 9.38 Å². The van der Waals surface area contributed by atoms with E-state index in [1.165, 1.54) is 10.5 Å². The van der Waals surface area contributed by atoms with Crippen molar-refractivity contribution in [2.45, 2.75) is 6.18 Å². The first-order valence-electron chi connectivity index (χ1n) is 5.20. The molecule has 0 spiro atoms. The SMILES string of the molecule is Nc1cc(C(F)(F)F)c2c(c1)nc1ccccn12. The average Bonchev–Trinajstić information content (AvgIpc) is 2.64. The lowest BCUT2D eigenvalue weighted by atomic mass is 10.1. The number of imidazole rings is 1. The Kier molecular flexibility index (Phi) is 2.04. The summed E-state index contributed by atoms with van der Waals surface area (Å²) in [5.74, 6) is 0. The monoisotopic (exact) mass is 251 g/mol. The van der Waals surface area contributed by atoms with Gasteiger partial charge in [0.25, 0.3) is 0 Å². The summed E-state index contributed by atoms with van der Waals surface area (Å²) in [6, 6.07) is 7.40. The Morgan fingerprint density at radius 3 is 2.67 bits per heavy atom. The van der Waals surface area contributed by atoms with Crippen molar-refractivity contribution >= 4 is 22.4 Å². The number of rotatable bonds is 0. The highest BCUT2D eigenvalue weighted by Crippen LogP contribution is 2.36. The second-order valence-electron chi connectivity index (χ2n) is 3.97. The summed E-state index contributed by atoms with van der Waals surface area (Å²) in [7, 11) is 0. The Hall–Kier alpha value is -2.24. The van der Waals surface area contributed by atoms with E-state index in [9.17, 15) is 13.2 Å². The standard InChI is InChI=1S/C12H8F3N3/c13-12(14,15)8-5-7(16)6-9-11(8)18-4-2-1-3-10(18)17-9/h1-6H,16H2. The molecule has 0 aliphatic heterocycles. The Balaban J connectivity index is 2.54. The van der Waals surface area contributed by atoms with Gasteiger partial charge in [0.15, 0.2) is 0 Å². The lowest BCUT2D eigenvalue weighted by molar-refractivity contribution is -0.136. The minimum absolute atomic E-state index is 0.0345. The third-order valence-electron chi connectivity index (χ3n) is 2.73. The van der Waals surface area contributed by atoms with Crippen LogP contribution < -0.4 is 5.73 Å². The number of pyridine rings is 1. The molecule has 3 aromatic rings. The Morgan fingerprint density at radius 1 is 1.17 bits per heavy atom. The molecule has 1 aromatic carbocycles. The van der Waals surface area contributed by atoms with Crippen LogP contribution in [0.25, 0.3) is 16.7 Å². The normalized spacial score (nSPS) is 12.4. The third kappa shape index (κ3) is 1.49. The smallest absolute Gasteiger partial charge is 0.399 e. The van der Waals surface area contributed by atoms with Crippen LogP contribution in [0.1, 0.15) is 5.56 Å². The van der Waals surface area contributed by atoms with E-state index in [1.54, 1.807) is 24.4 Å². The quantitative estimate of drug-likeness (QED) is 0.624. The van der Waals surface area contributed by atoms with E-state index in [4.69, 9.17) is 5.73 Å². The molecule has 0 aliphatic carbocycles. The average molecular weight is 251 g/mol. The number of benzene rings is 1. The van der Waals surface area contributed by atoms with Gasteiger partial charge in [0, 0.05) is 11.9 Å². The molecule has 0 bridgehead atoms. The number of nitrogen functional groups attached to an aromatic ring is 1. The molecule has 0 saturated heterocycles.